The Morgan fingerprint density at radius 1 is 1.47 bits per heavy atom. The van der Waals surface area contributed by atoms with E-state index in [2.05, 4.69) is 10.3 Å². The van der Waals surface area contributed by atoms with Crippen molar-refractivity contribution in [3.05, 3.63) is 35.1 Å². The molecule has 0 unspecified atom stereocenters. The van der Waals surface area contributed by atoms with Gasteiger partial charge in [-0.25, -0.2) is 9.37 Å². The third kappa shape index (κ3) is 2.93. The Kier molecular flexibility index (Phi) is 3.48. The van der Waals surface area contributed by atoms with Crippen molar-refractivity contribution in [3.8, 4) is 16.3 Å². The maximum absolute atomic E-state index is 13.6. The molecule has 0 spiro atoms. The number of hydrogen-bond donors (Lipinski definition) is 1. The molecule has 3 nitrogen and oxygen atoms in total. The zero-order valence-electron chi connectivity index (χ0n) is 10.6. The molecular formula is C14H15FN2OS. The van der Waals surface area contributed by atoms with Crippen molar-refractivity contribution < 1.29 is 9.13 Å². The minimum atomic E-state index is -0.354. The number of nitrogens with zero attached hydrogens (tertiary/aromatic N) is 1. The van der Waals surface area contributed by atoms with Crippen LogP contribution in [0.2, 0.25) is 0 Å². The van der Waals surface area contributed by atoms with Crippen molar-refractivity contribution in [1.82, 2.24) is 10.3 Å². The fourth-order valence-corrected chi connectivity index (χ4v) is 2.67. The van der Waals surface area contributed by atoms with Crippen LogP contribution in [0.15, 0.2) is 23.6 Å². The number of halogens is 1. The molecule has 0 saturated heterocycles. The predicted molar refractivity (Wildman–Crippen MR) is 73.9 cm³/mol. The summed E-state index contributed by atoms with van der Waals surface area (Å²) in [6.45, 7) is 0.791. The van der Waals surface area contributed by atoms with E-state index in [0.717, 1.165) is 22.8 Å². The lowest BCUT2D eigenvalue weighted by Gasteiger charge is -2.03. The average molecular weight is 278 g/mol. The van der Waals surface area contributed by atoms with Crippen LogP contribution < -0.4 is 10.1 Å². The van der Waals surface area contributed by atoms with E-state index < -0.39 is 0 Å². The Bertz CT molecular complexity index is 581. The number of thiazole rings is 1. The van der Waals surface area contributed by atoms with Gasteiger partial charge in [0, 0.05) is 23.5 Å². The summed E-state index contributed by atoms with van der Waals surface area (Å²) in [5, 5.41) is 6.28. The molecule has 1 aliphatic rings. The van der Waals surface area contributed by atoms with Gasteiger partial charge in [0.1, 0.15) is 5.01 Å². The molecule has 0 aliphatic heterocycles. The summed E-state index contributed by atoms with van der Waals surface area (Å²) >= 11 is 1.54. The zero-order valence-corrected chi connectivity index (χ0v) is 11.5. The largest absolute Gasteiger partial charge is 0.494 e. The number of ether oxygens (including phenoxy) is 1. The van der Waals surface area contributed by atoms with E-state index in [1.807, 2.05) is 11.4 Å². The van der Waals surface area contributed by atoms with Gasteiger partial charge in [-0.1, -0.05) is 0 Å². The normalized spacial score (nSPS) is 14.6. The van der Waals surface area contributed by atoms with Crippen LogP contribution in [-0.4, -0.2) is 18.1 Å². The molecule has 1 fully saturated rings. The van der Waals surface area contributed by atoms with Crippen molar-refractivity contribution in [2.45, 2.75) is 25.4 Å². The molecule has 0 amide bonds. The van der Waals surface area contributed by atoms with Crippen molar-refractivity contribution in [2.75, 3.05) is 7.11 Å². The highest BCUT2D eigenvalue weighted by Crippen LogP contribution is 2.28. The van der Waals surface area contributed by atoms with Gasteiger partial charge >= 0.3 is 0 Å². The van der Waals surface area contributed by atoms with E-state index in [1.165, 1.54) is 37.4 Å². The maximum atomic E-state index is 13.6. The summed E-state index contributed by atoms with van der Waals surface area (Å²) < 4.78 is 18.6. The van der Waals surface area contributed by atoms with E-state index in [-0.39, 0.29) is 11.6 Å². The van der Waals surface area contributed by atoms with Crippen LogP contribution in [0.5, 0.6) is 5.75 Å². The molecule has 0 atom stereocenters. The van der Waals surface area contributed by atoms with Crippen LogP contribution in [0.25, 0.3) is 10.6 Å². The molecule has 1 aromatic heterocycles. The number of benzene rings is 1. The molecule has 1 N–H and O–H groups in total. The number of hydrogen-bond acceptors (Lipinski definition) is 4. The van der Waals surface area contributed by atoms with E-state index in [4.69, 9.17) is 4.74 Å². The lowest BCUT2D eigenvalue weighted by atomic mass is 10.2. The van der Waals surface area contributed by atoms with Crippen LogP contribution in [0, 0.1) is 5.82 Å². The molecule has 3 rings (SSSR count). The minimum absolute atomic E-state index is 0.260. The van der Waals surface area contributed by atoms with Crippen molar-refractivity contribution >= 4 is 11.3 Å². The zero-order chi connectivity index (χ0) is 13.2. The molecule has 1 aliphatic carbocycles. The Hall–Kier alpha value is -1.46. The van der Waals surface area contributed by atoms with Crippen LogP contribution in [0.3, 0.4) is 0 Å². The molecule has 1 heterocycles. The van der Waals surface area contributed by atoms with E-state index in [0.29, 0.717) is 6.04 Å². The summed E-state index contributed by atoms with van der Waals surface area (Å²) in [6, 6.07) is 5.60. The third-order valence-corrected chi connectivity index (χ3v) is 4.04. The highest BCUT2D eigenvalue weighted by molar-refractivity contribution is 7.13. The van der Waals surface area contributed by atoms with Crippen molar-refractivity contribution in [3.63, 3.8) is 0 Å². The van der Waals surface area contributed by atoms with E-state index in [1.54, 1.807) is 6.07 Å². The molecular weight excluding hydrogens is 263 g/mol. The highest BCUT2D eigenvalue weighted by Gasteiger charge is 2.20. The van der Waals surface area contributed by atoms with Gasteiger partial charge in [-0.3, -0.25) is 0 Å². The standard InChI is InChI=1S/C14H15FN2OS/c1-18-13-5-2-9(6-12(13)15)14-17-11(8-19-14)7-16-10-3-4-10/h2,5-6,8,10,16H,3-4,7H2,1H3. The summed E-state index contributed by atoms with van der Waals surface area (Å²) in [6.07, 6.45) is 2.53. The number of nitrogens with one attached hydrogen (secondary N) is 1. The monoisotopic (exact) mass is 278 g/mol. The van der Waals surface area contributed by atoms with Gasteiger partial charge in [-0.2, -0.15) is 0 Å². The molecule has 0 bridgehead atoms. The number of methoxy groups -OCH3 is 1. The first-order valence-electron chi connectivity index (χ1n) is 6.28. The van der Waals surface area contributed by atoms with Gasteiger partial charge in [0.15, 0.2) is 11.6 Å². The van der Waals surface area contributed by atoms with Gasteiger partial charge in [0.2, 0.25) is 0 Å². The molecule has 0 radical (unpaired) electrons. The SMILES string of the molecule is COc1ccc(-c2nc(CNC3CC3)cs2)cc1F. The number of aromatic nitrogens is 1. The third-order valence-electron chi connectivity index (χ3n) is 3.10. The Balaban J connectivity index is 1.75. The first-order chi connectivity index (χ1) is 9.26. The molecule has 2 aromatic rings. The quantitative estimate of drug-likeness (QED) is 0.912. The van der Waals surface area contributed by atoms with Crippen LogP contribution in [0.4, 0.5) is 4.39 Å². The topological polar surface area (TPSA) is 34.1 Å². The molecule has 5 heteroatoms. The van der Waals surface area contributed by atoms with Gasteiger partial charge < -0.3 is 10.1 Å². The lowest BCUT2D eigenvalue weighted by molar-refractivity contribution is 0.386. The van der Waals surface area contributed by atoms with Gasteiger partial charge in [0.05, 0.1) is 12.8 Å². The van der Waals surface area contributed by atoms with E-state index >= 15 is 0 Å². The minimum Gasteiger partial charge on any atom is -0.494 e. The van der Waals surface area contributed by atoms with Crippen LogP contribution in [0.1, 0.15) is 18.5 Å². The molecule has 1 saturated carbocycles. The molecule has 19 heavy (non-hydrogen) atoms. The second-order valence-corrected chi connectivity index (χ2v) is 5.51. The Morgan fingerprint density at radius 3 is 3.00 bits per heavy atom. The summed E-state index contributed by atoms with van der Waals surface area (Å²) in [4.78, 5) is 4.53. The smallest absolute Gasteiger partial charge is 0.165 e. The van der Waals surface area contributed by atoms with Crippen LogP contribution >= 0.6 is 11.3 Å². The maximum Gasteiger partial charge on any atom is 0.165 e. The second-order valence-electron chi connectivity index (χ2n) is 4.65. The van der Waals surface area contributed by atoms with Gasteiger partial charge in [-0.05, 0) is 31.0 Å². The summed E-state index contributed by atoms with van der Waals surface area (Å²) in [5.41, 5.74) is 1.81. The Labute approximate surface area is 115 Å². The fraction of sp³-hybridized carbons (Fsp3) is 0.357. The predicted octanol–water partition coefficient (Wildman–Crippen LogP) is 3.21. The molecule has 100 valence electrons. The van der Waals surface area contributed by atoms with Crippen molar-refractivity contribution in [2.24, 2.45) is 0 Å². The van der Waals surface area contributed by atoms with Gasteiger partial charge in [-0.15, -0.1) is 11.3 Å². The highest BCUT2D eigenvalue weighted by atomic mass is 32.1. The second kappa shape index (κ2) is 5.27. The lowest BCUT2D eigenvalue weighted by Crippen LogP contribution is -2.15. The van der Waals surface area contributed by atoms with Crippen molar-refractivity contribution in [1.29, 1.82) is 0 Å². The fourth-order valence-electron chi connectivity index (χ4n) is 1.86. The van der Waals surface area contributed by atoms with E-state index in [9.17, 15) is 4.39 Å². The first kappa shape index (κ1) is 12.6. The first-order valence-corrected chi connectivity index (χ1v) is 7.16. The molecule has 1 aromatic carbocycles. The summed E-state index contributed by atoms with van der Waals surface area (Å²) in [5.74, 6) is -0.0937. The average Bonchev–Trinajstić information content (AvgIpc) is 3.13. The van der Waals surface area contributed by atoms with Gasteiger partial charge in [0.25, 0.3) is 0 Å². The number of rotatable bonds is 5. The van der Waals surface area contributed by atoms with Crippen LogP contribution in [-0.2, 0) is 6.54 Å². The Morgan fingerprint density at radius 2 is 2.32 bits per heavy atom. The summed E-state index contributed by atoms with van der Waals surface area (Å²) in [7, 11) is 1.46.